The molecule has 5 nitrogen and oxygen atoms in total. The predicted octanol–water partition coefficient (Wildman–Crippen LogP) is 1.60. The molecule has 0 unspecified atom stereocenters. The molecule has 0 amide bonds. The molecule has 0 fully saturated rings. The fourth-order valence-electron chi connectivity index (χ4n) is 1.33. The van der Waals surface area contributed by atoms with Gasteiger partial charge in [0.1, 0.15) is 5.82 Å². The summed E-state index contributed by atoms with van der Waals surface area (Å²) in [5, 5.41) is 0. The molecule has 2 rings (SSSR count). The Hall–Kier alpha value is -2.15. The number of nitrogen functional groups attached to an aromatic ring is 1. The van der Waals surface area contributed by atoms with Gasteiger partial charge in [0.2, 0.25) is 0 Å². The first-order valence-electron chi connectivity index (χ1n) is 4.97. The second-order valence-corrected chi connectivity index (χ2v) is 5.21. The molecule has 1 aromatic heterocycles. The topological polar surface area (TPSA) is 85.1 Å². The molecule has 0 spiro atoms. The van der Waals surface area contributed by atoms with Crippen molar-refractivity contribution in [1.29, 1.82) is 0 Å². The molecule has 0 aliphatic heterocycles. The fraction of sp³-hybridized carbons (Fsp3) is 0. The highest BCUT2D eigenvalue weighted by Crippen LogP contribution is 2.19. The second-order valence-electron chi connectivity index (χ2n) is 3.53. The molecule has 0 aliphatic rings. The molecule has 0 saturated carbocycles. The van der Waals surface area contributed by atoms with Gasteiger partial charge in [-0.15, -0.1) is 0 Å². The highest BCUT2D eigenvalue weighted by molar-refractivity contribution is 7.92. The van der Waals surface area contributed by atoms with Crippen molar-refractivity contribution in [3.8, 4) is 0 Å². The minimum absolute atomic E-state index is 0.106. The van der Waals surface area contributed by atoms with Crippen LogP contribution >= 0.6 is 0 Å². The average molecular weight is 267 g/mol. The summed E-state index contributed by atoms with van der Waals surface area (Å²) in [4.78, 5) is 3.68. The largest absolute Gasteiger partial charge is 0.396 e. The molecular weight excluding hydrogens is 257 g/mol. The van der Waals surface area contributed by atoms with Gasteiger partial charge in [0.05, 0.1) is 22.5 Å². The second kappa shape index (κ2) is 4.61. The van der Waals surface area contributed by atoms with E-state index in [1.165, 1.54) is 12.4 Å². The van der Waals surface area contributed by atoms with Crippen molar-refractivity contribution in [2.75, 3.05) is 10.5 Å². The Kier molecular flexibility index (Phi) is 3.15. The van der Waals surface area contributed by atoms with Crippen LogP contribution in [0.4, 0.5) is 15.8 Å². The zero-order valence-corrected chi connectivity index (χ0v) is 9.99. The molecule has 0 saturated heterocycles. The van der Waals surface area contributed by atoms with E-state index in [-0.39, 0.29) is 10.6 Å². The van der Waals surface area contributed by atoms with Gasteiger partial charge in [-0.25, -0.2) is 12.8 Å². The van der Waals surface area contributed by atoms with Gasteiger partial charge < -0.3 is 5.73 Å². The first-order valence-corrected chi connectivity index (χ1v) is 6.45. The zero-order valence-electron chi connectivity index (χ0n) is 9.17. The molecule has 0 aliphatic carbocycles. The highest BCUT2D eigenvalue weighted by Gasteiger charge is 2.15. The van der Waals surface area contributed by atoms with E-state index >= 15 is 0 Å². The number of nitrogens with two attached hydrogens (primary N) is 1. The summed E-state index contributed by atoms with van der Waals surface area (Å²) in [5.74, 6) is -0.657. The van der Waals surface area contributed by atoms with E-state index in [1.54, 1.807) is 12.1 Å². The van der Waals surface area contributed by atoms with E-state index in [0.717, 1.165) is 18.2 Å². The molecule has 7 heteroatoms. The fourth-order valence-corrected chi connectivity index (χ4v) is 2.40. The number of anilines is 2. The number of sulfonamides is 1. The van der Waals surface area contributed by atoms with Crippen LogP contribution in [0.15, 0.2) is 47.6 Å². The first-order chi connectivity index (χ1) is 8.49. The van der Waals surface area contributed by atoms with Crippen LogP contribution in [-0.4, -0.2) is 13.4 Å². The van der Waals surface area contributed by atoms with Crippen molar-refractivity contribution < 1.29 is 12.8 Å². The zero-order chi connectivity index (χ0) is 13.2. The summed E-state index contributed by atoms with van der Waals surface area (Å²) < 4.78 is 39.2. The number of halogens is 1. The van der Waals surface area contributed by atoms with E-state index in [0.29, 0.717) is 5.69 Å². The molecule has 18 heavy (non-hydrogen) atoms. The number of nitrogens with zero attached hydrogens (tertiary/aromatic N) is 1. The number of hydrogen-bond donors (Lipinski definition) is 2. The number of hydrogen-bond acceptors (Lipinski definition) is 4. The summed E-state index contributed by atoms with van der Waals surface area (Å²) in [6.07, 6.45) is 2.89. The number of aromatic nitrogens is 1. The number of rotatable bonds is 3. The Morgan fingerprint density at radius 1 is 1.28 bits per heavy atom. The van der Waals surface area contributed by atoms with Crippen LogP contribution in [0.3, 0.4) is 0 Å². The summed E-state index contributed by atoms with van der Waals surface area (Å²) in [6, 6.07) is 6.36. The summed E-state index contributed by atoms with van der Waals surface area (Å²) in [6.45, 7) is 0. The SMILES string of the molecule is Nc1cc(S(=O)(=O)Nc2cccnc2)ccc1F. The van der Waals surface area contributed by atoms with Crippen LogP contribution in [0.5, 0.6) is 0 Å². The van der Waals surface area contributed by atoms with Crippen molar-refractivity contribution in [2.45, 2.75) is 4.90 Å². The lowest BCUT2D eigenvalue weighted by Gasteiger charge is -2.08. The number of benzene rings is 1. The van der Waals surface area contributed by atoms with Gasteiger partial charge in [0.15, 0.2) is 0 Å². The Morgan fingerprint density at radius 2 is 2.06 bits per heavy atom. The smallest absolute Gasteiger partial charge is 0.262 e. The van der Waals surface area contributed by atoms with Crippen LogP contribution in [0.2, 0.25) is 0 Å². The number of nitrogens with one attached hydrogen (secondary N) is 1. The van der Waals surface area contributed by atoms with E-state index in [9.17, 15) is 12.8 Å². The lowest BCUT2D eigenvalue weighted by molar-refractivity contribution is 0.600. The highest BCUT2D eigenvalue weighted by atomic mass is 32.2. The molecule has 0 radical (unpaired) electrons. The Labute approximate surface area is 104 Å². The summed E-state index contributed by atoms with van der Waals surface area (Å²) in [7, 11) is -3.79. The van der Waals surface area contributed by atoms with Gasteiger partial charge in [-0.3, -0.25) is 9.71 Å². The Bertz CT molecular complexity index is 659. The molecule has 2 aromatic rings. The van der Waals surface area contributed by atoms with Crippen LogP contribution in [0.1, 0.15) is 0 Å². The molecule has 1 aromatic carbocycles. The summed E-state index contributed by atoms with van der Waals surface area (Å²) in [5.41, 5.74) is 5.43. The quantitative estimate of drug-likeness (QED) is 0.827. The van der Waals surface area contributed by atoms with E-state index in [1.807, 2.05) is 0 Å². The van der Waals surface area contributed by atoms with E-state index in [4.69, 9.17) is 5.73 Å². The maximum atomic E-state index is 13.0. The number of pyridine rings is 1. The van der Waals surface area contributed by atoms with Crippen molar-refractivity contribution >= 4 is 21.4 Å². The molecular formula is C11H10FN3O2S. The van der Waals surface area contributed by atoms with Crippen molar-refractivity contribution in [2.24, 2.45) is 0 Å². The third kappa shape index (κ3) is 2.57. The van der Waals surface area contributed by atoms with Crippen LogP contribution < -0.4 is 10.5 Å². The van der Waals surface area contributed by atoms with Crippen molar-refractivity contribution in [3.05, 3.63) is 48.5 Å². The maximum absolute atomic E-state index is 13.0. The van der Waals surface area contributed by atoms with Gasteiger partial charge in [-0.2, -0.15) is 0 Å². The lowest BCUT2D eigenvalue weighted by atomic mass is 10.3. The third-order valence-corrected chi connectivity index (χ3v) is 3.57. The first kappa shape index (κ1) is 12.3. The lowest BCUT2D eigenvalue weighted by Crippen LogP contribution is -2.13. The maximum Gasteiger partial charge on any atom is 0.262 e. The Balaban J connectivity index is 2.34. The van der Waals surface area contributed by atoms with Crippen molar-refractivity contribution in [3.63, 3.8) is 0 Å². The third-order valence-electron chi connectivity index (χ3n) is 2.19. The predicted molar refractivity (Wildman–Crippen MR) is 65.9 cm³/mol. The monoisotopic (exact) mass is 267 g/mol. The molecule has 94 valence electrons. The van der Waals surface area contributed by atoms with Gasteiger partial charge in [-0.05, 0) is 30.3 Å². The van der Waals surface area contributed by atoms with Gasteiger partial charge in [-0.1, -0.05) is 0 Å². The minimum atomic E-state index is -3.79. The summed E-state index contributed by atoms with van der Waals surface area (Å²) >= 11 is 0. The molecule has 0 bridgehead atoms. The molecule has 1 heterocycles. The van der Waals surface area contributed by atoms with Gasteiger partial charge in [0.25, 0.3) is 10.0 Å². The van der Waals surface area contributed by atoms with Crippen LogP contribution in [0.25, 0.3) is 0 Å². The molecule has 0 atom stereocenters. The molecule has 3 N–H and O–H groups in total. The Morgan fingerprint density at radius 3 is 2.67 bits per heavy atom. The normalized spacial score (nSPS) is 11.2. The van der Waals surface area contributed by atoms with Crippen LogP contribution in [0, 0.1) is 5.82 Å². The standard InChI is InChI=1S/C11H10FN3O2S/c12-10-4-3-9(6-11(10)13)18(16,17)15-8-2-1-5-14-7-8/h1-7,15H,13H2. The van der Waals surface area contributed by atoms with Crippen LogP contribution in [-0.2, 0) is 10.0 Å². The van der Waals surface area contributed by atoms with E-state index in [2.05, 4.69) is 9.71 Å². The van der Waals surface area contributed by atoms with Crippen molar-refractivity contribution in [1.82, 2.24) is 4.98 Å². The van der Waals surface area contributed by atoms with Gasteiger partial charge >= 0.3 is 0 Å². The van der Waals surface area contributed by atoms with Gasteiger partial charge in [0, 0.05) is 6.20 Å². The average Bonchev–Trinajstić information content (AvgIpc) is 2.33. The minimum Gasteiger partial charge on any atom is -0.396 e. The van der Waals surface area contributed by atoms with E-state index < -0.39 is 15.8 Å².